The number of benzene rings is 2. The van der Waals surface area contributed by atoms with Gasteiger partial charge in [-0.3, -0.25) is 4.79 Å². The minimum Gasteiger partial charge on any atom is -0.492 e. The van der Waals surface area contributed by atoms with Crippen LogP contribution in [0, 0.1) is 13.8 Å². The molecule has 0 radical (unpaired) electrons. The van der Waals surface area contributed by atoms with Gasteiger partial charge in [-0.15, -0.1) is 0 Å². The lowest BCUT2D eigenvalue weighted by Gasteiger charge is -2.18. The van der Waals surface area contributed by atoms with Crippen LogP contribution in [0.4, 0.5) is 0 Å². The van der Waals surface area contributed by atoms with E-state index in [0.29, 0.717) is 18.7 Å². The summed E-state index contributed by atoms with van der Waals surface area (Å²) in [5.74, 6) is 0.534. The zero-order chi connectivity index (χ0) is 18.6. The molecule has 0 heterocycles. The quantitative estimate of drug-likeness (QED) is 0.794. The third-order valence-corrected chi connectivity index (χ3v) is 4.86. The maximum atomic E-state index is 12.4. The average Bonchev–Trinajstić information content (AvgIpc) is 2.52. The lowest BCUT2D eigenvalue weighted by atomic mass is 10.1. The largest absolute Gasteiger partial charge is 0.492 e. The van der Waals surface area contributed by atoms with Crippen LogP contribution in [0.2, 0.25) is 0 Å². The third kappa shape index (κ3) is 5.32. The van der Waals surface area contributed by atoms with Crippen LogP contribution in [0.15, 0.2) is 47.4 Å². The molecule has 6 heteroatoms. The summed E-state index contributed by atoms with van der Waals surface area (Å²) in [5, 5.41) is 0. The summed E-state index contributed by atoms with van der Waals surface area (Å²) in [5.41, 5.74) is 2.59. The summed E-state index contributed by atoms with van der Waals surface area (Å²) in [7, 11) is -1.67. The van der Waals surface area contributed by atoms with E-state index in [1.54, 1.807) is 19.2 Å². The van der Waals surface area contributed by atoms with Gasteiger partial charge in [0.25, 0.3) is 5.91 Å². The average molecular weight is 361 g/mol. The Bertz CT molecular complexity index is 854. The van der Waals surface area contributed by atoms with Gasteiger partial charge in [0.2, 0.25) is 0 Å². The minimum absolute atomic E-state index is 0.137. The van der Waals surface area contributed by atoms with Gasteiger partial charge < -0.3 is 9.64 Å². The molecule has 25 heavy (non-hydrogen) atoms. The van der Waals surface area contributed by atoms with E-state index in [1.165, 1.54) is 17.0 Å². The van der Waals surface area contributed by atoms with E-state index in [-0.39, 0.29) is 10.8 Å². The van der Waals surface area contributed by atoms with Crippen molar-refractivity contribution in [3.8, 4) is 5.75 Å². The van der Waals surface area contributed by atoms with E-state index in [4.69, 9.17) is 4.74 Å². The monoisotopic (exact) mass is 361 g/mol. The van der Waals surface area contributed by atoms with Crippen molar-refractivity contribution in [1.29, 1.82) is 0 Å². The number of sulfone groups is 1. The first-order valence-electron chi connectivity index (χ1n) is 7.93. The van der Waals surface area contributed by atoms with Crippen LogP contribution < -0.4 is 4.74 Å². The molecule has 0 spiro atoms. The SMILES string of the molecule is Cc1cc(C)cc(OCCN(C)C(=O)c2cccc(S(C)(=O)=O)c2)c1. The number of ether oxygens (including phenoxy) is 1. The van der Waals surface area contributed by atoms with Gasteiger partial charge in [-0.05, 0) is 55.3 Å². The minimum atomic E-state index is -3.34. The highest BCUT2D eigenvalue weighted by Gasteiger charge is 2.15. The van der Waals surface area contributed by atoms with Crippen LogP contribution in [0.3, 0.4) is 0 Å². The molecule has 0 N–H and O–H groups in total. The van der Waals surface area contributed by atoms with Crippen LogP contribution in [-0.4, -0.2) is 45.7 Å². The van der Waals surface area contributed by atoms with Crippen molar-refractivity contribution in [2.24, 2.45) is 0 Å². The Morgan fingerprint density at radius 3 is 2.32 bits per heavy atom. The third-order valence-electron chi connectivity index (χ3n) is 3.75. The molecule has 1 amide bonds. The summed E-state index contributed by atoms with van der Waals surface area (Å²) in [6.45, 7) is 4.76. The molecule has 134 valence electrons. The van der Waals surface area contributed by atoms with E-state index in [2.05, 4.69) is 6.07 Å². The highest BCUT2D eigenvalue weighted by atomic mass is 32.2. The molecule has 0 bridgehead atoms. The van der Waals surface area contributed by atoms with Gasteiger partial charge >= 0.3 is 0 Å². The zero-order valence-corrected chi connectivity index (χ0v) is 15.8. The van der Waals surface area contributed by atoms with Crippen molar-refractivity contribution in [3.63, 3.8) is 0 Å². The zero-order valence-electron chi connectivity index (χ0n) is 14.9. The fourth-order valence-corrected chi connectivity index (χ4v) is 3.17. The van der Waals surface area contributed by atoms with E-state index in [9.17, 15) is 13.2 Å². The molecule has 2 aromatic carbocycles. The number of hydrogen-bond acceptors (Lipinski definition) is 4. The van der Waals surface area contributed by atoms with Crippen molar-refractivity contribution in [1.82, 2.24) is 4.90 Å². The smallest absolute Gasteiger partial charge is 0.253 e. The first-order chi connectivity index (χ1) is 11.7. The molecule has 0 aromatic heterocycles. The van der Waals surface area contributed by atoms with E-state index in [0.717, 1.165) is 23.1 Å². The van der Waals surface area contributed by atoms with Gasteiger partial charge in [0.05, 0.1) is 11.4 Å². The van der Waals surface area contributed by atoms with E-state index in [1.807, 2.05) is 26.0 Å². The van der Waals surface area contributed by atoms with Crippen molar-refractivity contribution in [2.75, 3.05) is 26.5 Å². The van der Waals surface area contributed by atoms with Gasteiger partial charge in [-0.2, -0.15) is 0 Å². The molecule has 0 unspecified atom stereocenters. The Hall–Kier alpha value is -2.34. The van der Waals surface area contributed by atoms with Crippen molar-refractivity contribution in [2.45, 2.75) is 18.7 Å². The summed E-state index contributed by atoms with van der Waals surface area (Å²) in [4.78, 5) is 14.1. The molecule has 2 rings (SSSR count). The first-order valence-corrected chi connectivity index (χ1v) is 9.82. The highest BCUT2D eigenvalue weighted by molar-refractivity contribution is 7.90. The lowest BCUT2D eigenvalue weighted by molar-refractivity contribution is 0.0773. The fraction of sp³-hybridized carbons (Fsp3) is 0.316. The molecule has 0 atom stereocenters. The van der Waals surface area contributed by atoms with Crippen LogP contribution >= 0.6 is 0 Å². The van der Waals surface area contributed by atoms with Crippen molar-refractivity contribution < 1.29 is 17.9 Å². The molecule has 0 saturated heterocycles. The second kappa shape index (κ2) is 7.70. The molecule has 0 aliphatic rings. The molecule has 0 aliphatic carbocycles. The number of aryl methyl sites for hydroxylation is 2. The maximum absolute atomic E-state index is 12.4. The van der Waals surface area contributed by atoms with Crippen LogP contribution in [0.1, 0.15) is 21.5 Å². The van der Waals surface area contributed by atoms with Gasteiger partial charge in [0.1, 0.15) is 12.4 Å². The van der Waals surface area contributed by atoms with Gasteiger partial charge in [0.15, 0.2) is 9.84 Å². The van der Waals surface area contributed by atoms with Crippen molar-refractivity contribution in [3.05, 3.63) is 59.2 Å². The lowest BCUT2D eigenvalue weighted by Crippen LogP contribution is -2.31. The van der Waals surface area contributed by atoms with E-state index < -0.39 is 9.84 Å². The second-order valence-corrected chi connectivity index (χ2v) is 8.21. The molecule has 0 saturated carbocycles. The standard InChI is InChI=1S/C19H23NO4S/c1-14-10-15(2)12-17(11-14)24-9-8-20(3)19(21)16-6-5-7-18(13-16)25(4,22)23/h5-7,10-13H,8-9H2,1-4H3. The van der Waals surface area contributed by atoms with Gasteiger partial charge in [-0.25, -0.2) is 8.42 Å². The topological polar surface area (TPSA) is 63.7 Å². The number of amides is 1. The summed E-state index contributed by atoms with van der Waals surface area (Å²) >= 11 is 0. The summed E-state index contributed by atoms with van der Waals surface area (Å²) < 4.78 is 28.9. The number of nitrogens with zero attached hydrogens (tertiary/aromatic N) is 1. The van der Waals surface area contributed by atoms with E-state index >= 15 is 0 Å². The number of rotatable bonds is 6. The fourth-order valence-electron chi connectivity index (χ4n) is 2.50. The first kappa shape index (κ1) is 19.0. The summed E-state index contributed by atoms with van der Waals surface area (Å²) in [6, 6.07) is 12.0. The Morgan fingerprint density at radius 1 is 1.08 bits per heavy atom. The van der Waals surface area contributed by atoms with Crippen LogP contribution in [0.25, 0.3) is 0 Å². The Kier molecular flexibility index (Phi) is 5.85. The molecular weight excluding hydrogens is 338 g/mol. The molecule has 2 aromatic rings. The Labute approximate surface area is 149 Å². The number of carbonyl (C=O) groups is 1. The normalized spacial score (nSPS) is 11.2. The van der Waals surface area contributed by atoms with Gasteiger partial charge in [0, 0.05) is 18.9 Å². The predicted molar refractivity (Wildman–Crippen MR) is 97.9 cm³/mol. The highest BCUT2D eigenvalue weighted by Crippen LogP contribution is 2.16. The van der Waals surface area contributed by atoms with Gasteiger partial charge in [-0.1, -0.05) is 12.1 Å². The molecule has 5 nitrogen and oxygen atoms in total. The number of likely N-dealkylation sites (N-methyl/N-ethyl adjacent to an activating group) is 1. The number of carbonyl (C=O) groups excluding carboxylic acids is 1. The molecule has 0 fully saturated rings. The second-order valence-electron chi connectivity index (χ2n) is 6.20. The van der Waals surface area contributed by atoms with Crippen molar-refractivity contribution >= 4 is 15.7 Å². The maximum Gasteiger partial charge on any atom is 0.253 e. The summed E-state index contributed by atoms with van der Waals surface area (Å²) in [6.07, 6.45) is 1.12. The predicted octanol–water partition coefficient (Wildman–Crippen LogP) is 2.86. The molecule has 0 aliphatic heterocycles. The Morgan fingerprint density at radius 2 is 1.72 bits per heavy atom. The Balaban J connectivity index is 1.98. The molecular formula is C19H23NO4S. The van der Waals surface area contributed by atoms with Crippen LogP contribution in [-0.2, 0) is 9.84 Å². The number of hydrogen-bond donors (Lipinski definition) is 0. The van der Waals surface area contributed by atoms with Crippen LogP contribution in [0.5, 0.6) is 5.75 Å².